The summed E-state index contributed by atoms with van der Waals surface area (Å²) in [6, 6.07) is 16.4. The number of hydrogen-bond donors (Lipinski definition) is 1. The largest absolute Gasteiger partial charge is 0.496 e. The number of fused-ring (bicyclic) bond motifs is 4. The molecule has 1 atom stereocenters. The number of ketones is 1. The van der Waals surface area contributed by atoms with E-state index in [1.165, 1.54) is 10.8 Å². The molecule has 4 heteroatoms. The van der Waals surface area contributed by atoms with E-state index in [9.17, 15) is 4.79 Å². The molecule has 1 unspecified atom stereocenters. The first kappa shape index (κ1) is 20.1. The van der Waals surface area contributed by atoms with Crippen molar-refractivity contribution in [3.8, 4) is 5.75 Å². The molecule has 0 bridgehead atoms. The van der Waals surface area contributed by atoms with Crippen LogP contribution in [0, 0.1) is 12.3 Å². The summed E-state index contributed by atoms with van der Waals surface area (Å²) in [5.74, 6) is 0.942. The van der Waals surface area contributed by atoms with Gasteiger partial charge >= 0.3 is 0 Å². The van der Waals surface area contributed by atoms with Crippen molar-refractivity contribution in [3.63, 3.8) is 0 Å². The molecule has 31 heavy (non-hydrogen) atoms. The zero-order valence-electron chi connectivity index (χ0n) is 18.3. The molecular formula is C27H26ClNO2. The van der Waals surface area contributed by atoms with Crippen LogP contribution in [0.1, 0.15) is 49.4 Å². The minimum atomic E-state index is -0.251. The van der Waals surface area contributed by atoms with Crippen LogP contribution >= 0.6 is 11.6 Å². The van der Waals surface area contributed by atoms with Crippen LogP contribution in [0.3, 0.4) is 0 Å². The van der Waals surface area contributed by atoms with Crippen molar-refractivity contribution in [1.82, 2.24) is 0 Å². The second-order valence-electron chi connectivity index (χ2n) is 9.45. The molecular weight excluding hydrogens is 406 g/mol. The summed E-state index contributed by atoms with van der Waals surface area (Å²) in [5.41, 5.74) is 6.03. The number of benzene rings is 3. The normalized spacial score (nSPS) is 19.6. The molecule has 0 aromatic heterocycles. The van der Waals surface area contributed by atoms with Gasteiger partial charge in [0.1, 0.15) is 5.75 Å². The Labute approximate surface area is 188 Å². The highest BCUT2D eigenvalue weighted by atomic mass is 35.5. The predicted molar refractivity (Wildman–Crippen MR) is 128 cm³/mol. The van der Waals surface area contributed by atoms with Crippen LogP contribution in [0.25, 0.3) is 16.3 Å². The van der Waals surface area contributed by atoms with Gasteiger partial charge in [-0.25, -0.2) is 0 Å². The number of carbonyl (C=O) groups excluding carboxylic acids is 1. The highest BCUT2D eigenvalue weighted by Crippen LogP contribution is 2.52. The first-order valence-electron chi connectivity index (χ1n) is 10.7. The van der Waals surface area contributed by atoms with Crippen LogP contribution in [-0.4, -0.2) is 12.9 Å². The van der Waals surface area contributed by atoms with Crippen LogP contribution in [0.5, 0.6) is 5.75 Å². The number of ether oxygens (including phenoxy) is 1. The van der Waals surface area contributed by atoms with E-state index in [-0.39, 0.29) is 17.2 Å². The van der Waals surface area contributed by atoms with Crippen molar-refractivity contribution >= 4 is 39.4 Å². The van der Waals surface area contributed by atoms with Crippen molar-refractivity contribution < 1.29 is 9.53 Å². The Kier molecular flexibility index (Phi) is 4.63. The Balaban J connectivity index is 1.79. The van der Waals surface area contributed by atoms with Gasteiger partial charge in [-0.2, -0.15) is 0 Å². The quantitative estimate of drug-likeness (QED) is 0.469. The summed E-state index contributed by atoms with van der Waals surface area (Å²) in [6.45, 7) is 6.31. The summed E-state index contributed by atoms with van der Waals surface area (Å²) < 4.78 is 5.57. The molecule has 5 rings (SSSR count). The van der Waals surface area contributed by atoms with Crippen molar-refractivity contribution in [2.75, 3.05) is 12.4 Å². The molecule has 1 aliphatic carbocycles. The molecule has 1 N–H and O–H groups in total. The van der Waals surface area contributed by atoms with Crippen LogP contribution in [0.4, 0.5) is 5.69 Å². The molecule has 3 aromatic rings. The zero-order chi connectivity index (χ0) is 21.9. The zero-order valence-corrected chi connectivity index (χ0v) is 19.1. The number of methoxy groups -OCH3 is 1. The van der Waals surface area contributed by atoms with Gasteiger partial charge in [0.25, 0.3) is 0 Å². The molecule has 0 fully saturated rings. The standard InChI is InChI=1S/C27H26ClNO2/c1-15-20(28)11-17(12-23(15)31-4)26-25-19(13-27(2,3)14-22(25)30)24-18-8-6-5-7-16(18)9-10-21(24)29-26/h5-12,26,29H,13-14H2,1-4H3. The molecule has 3 aromatic carbocycles. The number of carbonyl (C=O) groups is 1. The summed E-state index contributed by atoms with van der Waals surface area (Å²) >= 11 is 6.54. The molecule has 0 saturated carbocycles. The van der Waals surface area contributed by atoms with Gasteiger partial charge in [0.05, 0.1) is 13.2 Å². The van der Waals surface area contributed by atoms with Crippen LogP contribution < -0.4 is 10.1 Å². The van der Waals surface area contributed by atoms with Gasteiger partial charge in [-0.1, -0.05) is 55.8 Å². The van der Waals surface area contributed by atoms with E-state index in [4.69, 9.17) is 16.3 Å². The monoisotopic (exact) mass is 431 g/mol. The number of rotatable bonds is 2. The lowest BCUT2D eigenvalue weighted by atomic mass is 9.68. The van der Waals surface area contributed by atoms with Gasteiger partial charge in [0.2, 0.25) is 0 Å². The van der Waals surface area contributed by atoms with Gasteiger partial charge in [0.15, 0.2) is 5.78 Å². The van der Waals surface area contributed by atoms with Crippen LogP contribution in [0.15, 0.2) is 54.1 Å². The number of allylic oxidation sites excluding steroid dienone is 1. The van der Waals surface area contributed by atoms with E-state index >= 15 is 0 Å². The minimum Gasteiger partial charge on any atom is -0.496 e. The smallest absolute Gasteiger partial charge is 0.162 e. The predicted octanol–water partition coefficient (Wildman–Crippen LogP) is 7.12. The molecule has 0 saturated heterocycles. The topological polar surface area (TPSA) is 38.3 Å². The maximum absolute atomic E-state index is 13.5. The fourth-order valence-corrected chi connectivity index (χ4v) is 5.36. The number of nitrogens with one attached hydrogen (secondary N) is 1. The average molecular weight is 432 g/mol. The Hall–Kier alpha value is -2.78. The van der Waals surface area contributed by atoms with Crippen molar-refractivity contribution in [2.45, 2.75) is 39.7 Å². The van der Waals surface area contributed by atoms with Crippen molar-refractivity contribution in [3.05, 3.63) is 75.8 Å². The van der Waals surface area contributed by atoms with Gasteiger partial charge in [-0.3, -0.25) is 4.79 Å². The van der Waals surface area contributed by atoms with E-state index in [1.54, 1.807) is 7.11 Å². The molecule has 1 heterocycles. The lowest BCUT2D eigenvalue weighted by Gasteiger charge is -2.40. The third-order valence-electron chi connectivity index (χ3n) is 6.61. The molecule has 158 valence electrons. The number of hydrogen-bond acceptors (Lipinski definition) is 3. The highest BCUT2D eigenvalue weighted by Gasteiger charge is 2.41. The van der Waals surface area contributed by atoms with Gasteiger partial charge in [0, 0.05) is 33.8 Å². The van der Waals surface area contributed by atoms with Crippen LogP contribution in [-0.2, 0) is 4.79 Å². The van der Waals surface area contributed by atoms with E-state index in [0.29, 0.717) is 11.4 Å². The Bertz CT molecular complexity index is 1270. The highest BCUT2D eigenvalue weighted by molar-refractivity contribution is 6.31. The van der Waals surface area contributed by atoms with Crippen LogP contribution in [0.2, 0.25) is 5.02 Å². The van der Waals surface area contributed by atoms with Gasteiger partial charge in [-0.05, 0) is 58.9 Å². The number of Topliss-reactive ketones (excluding diaryl/α,β-unsaturated/α-hetero) is 1. The summed E-state index contributed by atoms with van der Waals surface area (Å²) in [7, 11) is 1.65. The summed E-state index contributed by atoms with van der Waals surface area (Å²) in [5, 5.41) is 6.68. The van der Waals surface area contributed by atoms with Crippen molar-refractivity contribution in [1.29, 1.82) is 0 Å². The minimum absolute atomic E-state index is 0.0748. The average Bonchev–Trinajstić information content (AvgIpc) is 2.73. The van der Waals surface area contributed by atoms with E-state index in [1.807, 2.05) is 19.1 Å². The lowest BCUT2D eigenvalue weighted by molar-refractivity contribution is -0.118. The second-order valence-corrected chi connectivity index (χ2v) is 9.86. The molecule has 3 nitrogen and oxygen atoms in total. The van der Waals surface area contributed by atoms with E-state index < -0.39 is 0 Å². The van der Waals surface area contributed by atoms with E-state index in [2.05, 4.69) is 55.6 Å². The first-order chi connectivity index (χ1) is 14.8. The van der Waals surface area contributed by atoms with Gasteiger partial charge < -0.3 is 10.1 Å². The Morgan fingerprint density at radius 1 is 1.10 bits per heavy atom. The third-order valence-corrected chi connectivity index (χ3v) is 7.00. The van der Waals surface area contributed by atoms with Crippen molar-refractivity contribution in [2.24, 2.45) is 5.41 Å². The Morgan fingerprint density at radius 2 is 1.87 bits per heavy atom. The van der Waals surface area contributed by atoms with E-state index in [0.717, 1.165) is 45.7 Å². The maximum atomic E-state index is 13.5. The molecule has 1 aliphatic heterocycles. The molecule has 0 amide bonds. The fourth-order valence-electron chi connectivity index (χ4n) is 5.14. The second kappa shape index (κ2) is 7.13. The van der Waals surface area contributed by atoms with Gasteiger partial charge in [-0.15, -0.1) is 0 Å². The fraction of sp³-hybridized carbons (Fsp3) is 0.296. The Morgan fingerprint density at radius 3 is 2.65 bits per heavy atom. The molecule has 2 aliphatic rings. The summed E-state index contributed by atoms with van der Waals surface area (Å²) in [4.78, 5) is 13.5. The number of halogens is 1. The SMILES string of the molecule is COc1cc(C2Nc3ccc4ccccc4c3C3=C2C(=O)CC(C)(C)C3)cc(Cl)c1C. The molecule has 0 spiro atoms. The molecule has 0 radical (unpaired) electrons. The number of anilines is 1. The summed E-state index contributed by atoms with van der Waals surface area (Å²) in [6.07, 6.45) is 1.41. The lowest BCUT2D eigenvalue weighted by Crippen LogP contribution is -2.33. The maximum Gasteiger partial charge on any atom is 0.162 e. The first-order valence-corrected chi connectivity index (χ1v) is 11.1. The third kappa shape index (κ3) is 3.23.